The summed E-state index contributed by atoms with van der Waals surface area (Å²) in [6, 6.07) is 8.56. The fourth-order valence-electron chi connectivity index (χ4n) is 1.35. The molecule has 6 nitrogen and oxygen atoms in total. The molecular formula is C12H9N5O. The highest BCUT2D eigenvalue weighted by Gasteiger charge is 2.08. The first-order valence-corrected chi connectivity index (χ1v) is 5.08. The zero-order valence-electron chi connectivity index (χ0n) is 9.29. The van der Waals surface area contributed by atoms with Crippen LogP contribution in [0.3, 0.4) is 0 Å². The summed E-state index contributed by atoms with van der Waals surface area (Å²) in [6.45, 7) is 0. The molecule has 0 radical (unpaired) electrons. The normalized spacial score (nSPS) is 9.50. The first kappa shape index (κ1) is 11.5. The molecule has 2 rings (SSSR count). The molecule has 1 aromatic carbocycles. The Morgan fingerprint density at radius 1 is 1.39 bits per heavy atom. The molecule has 3 N–H and O–H groups in total. The fourth-order valence-corrected chi connectivity index (χ4v) is 1.35. The van der Waals surface area contributed by atoms with Gasteiger partial charge in [0.15, 0.2) is 0 Å². The summed E-state index contributed by atoms with van der Waals surface area (Å²) in [4.78, 5) is 19.4. The van der Waals surface area contributed by atoms with E-state index in [-0.39, 0.29) is 11.5 Å². The minimum Gasteiger partial charge on any atom is -0.382 e. The maximum atomic E-state index is 11.8. The second-order valence-electron chi connectivity index (χ2n) is 3.48. The lowest BCUT2D eigenvalue weighted by molar-refractivity contribution is 0.102. The topological polar surface area (TPSA) is 105 Å². The molecule has 0 bridgehead atoms. The summed E-state index contributed by atoms with van der Waals surface area (Å²) in [6.07, 6.45) is 2.67. The van der Waals surface area contributed by atoms with Crippen molar-refractivity contribution in [2.24, 2.45) is 0 Å². The van der Waals surface area contributed by atoms with Crippen LogP contribution in [0.5, 0.6) is 0 Å². The largest absolute Gasteiger partial charge is 0.382 e. The Bertz CT molecular complexity index is 632. The van der Waals surface area contributed by atoms with E-state index in [1.807, 2.05) is 6.07 Å². The first-order valence-electron chi connectivity index (χ1n) is 5.08. The third-order valence-corrected chi connectivity index (χ3v) is 2.14. The number of aromatic nitrogens is 2. The molecule has 1 aromatic heterocycles. The van der Waals surface area contributed by atoms with E-state index in [9.17, 15) is 4.79 Å². The Balaban J connectivity index is 2.19. The number of hydrogen-bond donors (Lipinski definition) is 2. The average molecular weight is 239 g/mol. The number of nitrogens with two attached hydrogens (primary N) is 1. The number of carbonyl (C=O) groups is 1. The average Bonchev–Trinajstić information content (AvgIpc) is 2.39. The van der Waals surface area contributed by atoms with Crippen LogP contribution in [0.15, 0.2) is 36.7 Å². The third-order valence-electron chi connectivity index (χ3n) is 2.14. The van der Waals surface area contributed by atoms with Gasteiger partial charge in [0.2, 0.25) is 0 Å². The van der Waals surface area contributed by atoms with Crippen molar-refractivity contribution in [3.63, 3.8) is 0 Å². The molecule has 0 fully saturated rings. The van der Waals surface area contributed by atoms with Crippen LogP contribution in [0.1, 0.15) is 16.1 Å². The Labute approximate surface area is 103 Å². The number of nitrogen functional groups attached to an aromatic ring is 1. The molecule has 0 aliphatic heterocycles. The summed E-state index contributed by atoms with van der Waals surface area (Å²) in [7, 11) is 0. The lowest BCUT2D eigenvalue weighted by Crippen LogP contribution is -2.14. The number of nitriles is 1. The highest BCUT2D eigenvalue weighted by molar-refractivity contribution is 6.02. The van der Waals surface area contributed by atoms with Gasteiger partial charge in [-0.3, -0.25) is 9.78 Å². The number of nitrogens with zero attached hydrogens (tertiary/aromatic N) is 3. The second kappa shape index (κ2) is 4.93. The number of hydrogen-bond acceptors (Lipinski definition) is 5. The van der Waals surface area contributed by atoms with Crippen molar-refractivity contribution >= 4 is 17.4 Å². The van der Waals surface area contributed by atoms with Crippen molar-refractivity contribution in [3.8, 4) is 6.07 Å². The van der Waals surface area contributed by atoms with Crippen molar-refractivity contribution in [2.45, 2.75) is 0 Å². The van der Waals surface area contributed by atoms with E-state index < -0.39 is 5.91 Å². The van der Waals surface area contributed by atoms with Crippen LogP contribution in [0.2, 0.25) is 0 Å². The first-order chi connectivity index (χ1) is 8.69. The minimum atomic E-state index is -0.426. The van der Waals surface area contributed by atoms with Crippen LogP contribution in [0.4, 0.5) is 11.5 Å². The highest BCUT2D eigenvalue weighted by Crippen LogP contribution is 2.11. The van der Waals surface area contributed by atoms with Gasteiger partial charge in [0.05, 0.1) is 24.0 Å². The quantitative estimate of drug-likeness (QED) is 0.818. The molecule has 0 atom stereocenters. The standard InChI is InChI=1S/C12H9N5O/c13-5-8-2-1-3-9(4-8)16-12(18)10-6-15-7-11(14)17-10/h1-4,6-7H,(H2,14,17)(H,16,18). The molecular weight excluding hydrogens is 230 g/mol. The smallest absolute Gasteiger partial charge is 0.275 e. The highest BCUT2D eigenvalue weighted by atomic mass is 16.1. The van der Waals surface area contributed by atoms with Crippen molar-refractivity contribution < 1.29 is 4.79 Å². The van der Waals surface area contributed by atoms with Gasteiger partial charge in [-0.1, -0.05) is 6.07 Å². The lowest BCUT2D eigenvalue weighted by Gasteiger charge is -2.04. The van der Waals surface area contributed by atoms with Gasteiger partial charge in [0.25, 0.3) is 5.91 Å². The number of amides is 1. The molecule has 0 spiro atoms. The second-order valence-corrected chi connectivity index (χ2v) is 3.48. The third kappa shape index (κ3) is 2.59. The van der Waals surface area contributed by atoms with Crippen LogP contribution in [0, 0.1) is 11.3 Å². The Morgan fingerprint density at radius 3 is 2.94 bits per heavy atom. The zero-order chi connectivity index (χ0) is 13.0. The van der Waals surface area contributed by atoms with Crippen molar-refractivity contribution in [3.05, 3.63) is 47.9 Å². The van der Waals surface area contributed by atoms with Crippen molar-refractivity contribution in [2.75, 3.05) is 11.1 Å². The van der Waals surface area contributed by atoms with Gasteiger partial charge >= 0.3 is 0 Å². The number of nitrogens with one attached hydrogen (secondary N) is 1. The Morgan fingerprint density at radius 2 is 2.22 bits per heavy atom. The molecule has 0 saturated heterocycles. The maximum absolute atomic E-state index is 11.8. The van der Waals surface area contributed by atoms with Gasteiger partial charge in [-0.05, 0) is 18.2 Å². The van der Waals surface area contributed by atoms with E-state index in [1.165, 1.54) is 12.4 Å². The van der Waals surface area contributed by atoms with Crippen molar-refractivity contribution in [1.82, 2.24) is 9.97 Å². The zero-order valence-corrected chi connectivity index (χ0v) is 9.29. The molecule has 0 unspecified atom stereocenters. The summed E-state index contributed by atoms with van der Waals surface area (Å²) >= 11 is 0. The summed E-state index contributed by atoms with van der Waals surface area (Å²) in [5, 5.41) is 11.4. The lowest BCUT2D eigenvalue weighted by atomic mass is 10.2. The van der Waals surface area contributed by atoms with Gasteiger partial charge in [-0.15, -0.1) is 0 Å². The summed E-state index contributed by atoms with van der Waals surface area (Å²) in [5.41, 5.74) is 6.54. The van der Waals surface area contributed by atoms with Gasteiger partial charge in [0.1, 0.15) is 11.5 Å². The van der Waals surface area contributed by atoms with Gasteiger partial charge in [0, 0.05) is 5.69 Å². The molecule has 18 heavy (non-hydrogen) atoms. The number of carbonyl (C=O) groups excluding carboxylic acids is 1. The van der Waals surface area contributed by atoms with E-state index in [0.29, 0.717) is 11.3 Å². The Kier molecular flexibility index (Phi) is 3.16. The van der Waals surface area contributed by atoms with Crippen LogP contribution < -0.4 is 11.1 Å². The molecule has 88 valence electrons. The number of rotatable bonds is 2. The Hall–Kier alpha value is -2.94. The molecule has 0 aliphatic carbocycles. The van der Waals surface area contributed by atoms with Crippen LogP contribution in [-0.2, 0) is 0 Å². The molecule has 2 aromatic rings. The minimum absolute atomic E-state index is 0.123. The predicted octanol–water partition coefficient (Wildman–Crippen LogP) is 1.18. The van der Waals surface area contributed by atoms with Crippen molar-refractivity contribution in [1.29, 1.82) is 5.26 Å². The summed E-state index contributed by atoms with van der Waals surface area (Å²) < 4.78 is 0. The van der Waals surface area contributed by atoms with Gasteiger partial charge in [-0.25, -0.2) is 4.98 Å². The number of anilines is 2. The molecule has 6 heteroatoms. The van der Waals surface area contributed by atoms with E-state index in [4.69, 9.17) is 11.0 Å². The van der Waals surface area contributed by atoms with E-state index in [2.05, 4.69) is 15.3 Å². The maximum Gasteiger partial charge on any atom is 0.275 e. The monoisotopic (exact) mass is 239 g/mol. The van der Waals surface area contributed by atoms with Crippen LogP contribution in [-0.4, -0.2) is 15.9 Å². The molecule has 0 aliphatic rings. The van der Waals surface area contributed by atoms with E-state index in [1.54, 1.807) is 24.3 Å². The van der Waals surface area contributed by atoms with Gasteiger partial charge < -0.3 is 11.1 Å². The van der Waals surface area contributed by atoms with Gasteiger partial charge in [-0.2, -0.15) is 5.26 Å². The summed E-state index contributed by atoms with van der Waals surface area (Å²) in [5.74, 6) is -0.252. The van der Waals surface area contributed by atoms with Crippen LogP contribution in [0.25, 0.3) is 0 Å². The number of benzene rings is 1. The predicted molar refractivity (Wildman–Crippen MR) is 65.6 cm³/mol. The van der Waals surface area contributed by atoms with E-state index >= 15 is 0 Å². The molecule has 0 saturated carbocycles. The fraction of sp³-hybridized carbons (Fsp3) is 0. The SMILES string of the molecule is N#Cc1cccc(NC(=O)c2cncc(N)n2)c1. The molecule has 1 amide bonds. The molecule has 1 heterocycles. The van der Waals surface area contributed by atoms with Crippen LogP contribution >= 0.6 is 0 Å². The van der Waals surface area contributed by atoms with E-state index in [0.717, 1.165) is 0 Å².